The van der Waals surface area contributed by atoms with Crippen LogP contribution in [-0.2, 0) is 4.74 Å². The quantitative estimate of drug-likeness (QED) is 0.412. The van der Waals surface area contributed by atoms with Crippen LogP contribution in [0.3, 0.4) is 0 Å². The van der Waals surface area contributed by atoms with Crippen molar-refractivity contribution in [2.24, 2.45) is 0 Å². The third-order valence-corrected chi connectivity index (χ3v) is 6.82. The highest BCUT2D eigenvalue weighted by Crippen LogP contribution is 2.31. The molecule has 0 spiro atoms. The summed E-state index contributed by atoms with van der Waals surface area (Å²) in [6, 6.07) is 4.99. The Morgan fingerprint density at radius 1 is 1.26 bits per heavy atom. The van der Waals surface area contributed by atoms with Crippen LogP contribution < -0.4 is 21.5 Å². The predicted molar refractivity (Wildman–Crippen MR) is 127 cm³/mol. The molecule has 0 radical (unpaired) electrons. The molecule has 0 bridgehead atoms. The minimum Gasteiger partial charge on any atom is -0.391 e. The van der Waals surface area contributed by atoms with Crippen LogP contribution >= 0.6 is 0 Å². The van der Waals surface area contributed by atoms with Crippen LogP contribution in [0.25, 0.3) is 5.65 Å². The Bertz CT molecular complexity index is 1270. The zero-order valence-electron chi connectivity index (χ0n) is 19.2. The lowest BCUT2D eigenvalue weighted by Gasteiger charge is -2.34. The second kappa shape index (κ2) is 9.07. The molecule has 2 unspecified atom stereocenters. The molecule has 4 N–H and O–H groups in total. The smallest absolute Gasteiger partial charge is 0.274 e. The highest BCUT2D eigenvalue weighted by Gasteiger charge is 2.31. The summed E-state index contributed by atoms with van der Waals surface area (Å²) in [6.45, 7) is 0. The maximum absolute atomic E-state index is 13.0. The number of nitrogens with one attached hydrogen (secondary N) is 3. The number of hydrogen-bond acceptors (Lipinski definition) is 8. The molecule has 2 aliphatic carbocycles. The fourth-order valence-corrected chi connectivity index (χ4v) is 4.71. The van der Waals surface area contributed by atoms with Gasteiger partial charge in [0, 0.05) is 32.5 Å². The molecule has 3 aromatic heterocycles. The van der Waals surface area contributed by atoms with Crippen LogP contribution in [0, 0.1) is 0 Å². The van der Waals surface area contributed by atoms with Crippen molar-refractivity contribution in [3.63, 3.8) is 0 Å². The molecule has 0 saturated heterocycles. The van der Waals surface area contributed by atoms with Crippen molar-refractivity contribution in [2.45, 2.75) is 56.4 Å². The second-order valence-corrected chi connectivity index (χ2v) is 8.88. The van der Waals surface area contributed by atoms with E-state index in [2.05, 4.69) is 26.0 Å². The van der Waals surface area contributed by atoms with Crippen molar-refractivity contribution in [3.8, 4) is 0 Å². The van der Waals surface area contributed by atoms with Crippen LogP contribution in [-0.4, -0.2) is 62.6 Å². The molecule has 3 heterocycles. The number of aliphatic hydroxyl groups excluding tert-OH is 1. The first-order chi connectivity index (χ1) is 16.5. The average Bonchev–Trinajstić information content (AvgIpc) is 3.47. The zero-order chi connectivity index (χ0) is 23.8. The van der Waals surface area contributed by atoms with Gasteiger partial charge >= 0.3 is 0 Å². The predicted octanol–water partition coefficient (Wildman–Crippen LogP) is 1.67. The maximum atomic E-state index is 13.0. The third-order valence-electron chi connectivity index (χ3n) is 6.82. The first kappa shape index (κ1) is 22.4. The first-order valence-electron chi connectivity index (χ1n) is 11.5. The van der Waals surface area contributed by atoms with E-state index in [0.717, 1.165) is 25.7 Å². The Kier molecular flexibility index (Phi) is 5.96. The lowest BCUT2D eigenvalue weighted by atomic mass is 9.89. The zero-order valence-corrected chi connectivity index (χ0v) is 19.2. The molecule has 0 aromatic carbocycles. The van der Waals surface area contributed by atoms with Gasteiger partial charge in [0.1, 0.15) is 22.9 Å². The van der Waals surface area contributed by atoms with E-state index in [-0.39, 0.29) is 29.7 Å². The SMILES string of the molecule is CNc1cc(Nc2cccn(C3CC[C@@H]3O)c2=O)nc2c(C(=O)NC3CC[C@H](OC)C3)cnn12. The molecule has 180 valence electrons. The van der Waals surface area contributed by atoms with Crippen molar-refractivity contribution >= 4 is 28.9 Å². The molecule has 11 heteroatoms. The molecule has 2 aliphatic rings. The number of anilines is 3. The average molecular weight is 468 g/mol. The molecule has 4 atom stereocenters. The molecule has 0 aliphatic heterocycles. The van der Waals surface area contributed by atoms with Gasteiger partial charge in [-0.1, -0.05) is 0 Å². The van der Waals surface area contributed by atoms with E-state index in [1.54, 1.807) is 47.6 Å². The lowest BCUT2D eigenvalue weighted by Crippen LogP contribution is -2.39. The van der Waals surface area contributed by atoms with Gasteiger partial charge in [0.25, 0.3) is 11.5 Å². The number of carbonyl (C=O) groups is 1. The van der Waals surface area contributed by atoms with Crippen molar-refractivity contribution in [3.05, 3.63) is 46.5 Å². The Morgan fingerprint density at radius 3 is 2.79 bits per heavy atom. The van der Waals surface area contributed by atoms with Gasteiger partial charge in [0.05, 0.1) is 24.4 Å². The number of fused-ring (bicyclic) bond motifs is 1. The number of pyridine rings is 1. The fourth-order valence-electron chi connectivity index (χ4n) is 4.71. The minimum atomic E-state index is -0.509. The van der Waals surface area contributed by atoms with E-state index in [9.17, 15) is 14.7 Å². The number of nitrogens with zero attached hydrogens (tertiary/aromatic N) is 4. The summed E-state index contributed by atoms with van der Waals surface area (Å²) in [5.74, 6) is 0.762. The van der Waals surface area contributed by atoms with Crippen molar-refractivity contribution < 1.29 is 14.6 Å². The number of hydrogen-bond donors (Lipinski definition) is 4. The van der Waals surface area contributed by atoms with E-state index < -0.39 is 6.10 Å². The molecule has 34 heavy (non-hydrogen) atoms. The second-order valence-electron chi connectivity index (χ2n) is 8.88. The lowest BCUT2D eigenvalue weighted by molar-refractivity contribution is 0.0300. The van der Waals surface area contributed by atoms with Crippen molar-refractivity contribution in [1.82, 2.24) is 24.5 Å². The molecule has 5 rings (SSSR count). The number of methoxy groups -OCH3 is 1. The van der Waals surface area contributed by atoms with E-state index >= 15 is 0 Å². The number of aromatic nitrogens is 4. The summed E-state index contributed by atoms with van der Waals surface area (Å²) < 4.78 is 8.51. The molecule has 3 aromatic rings. The van der Waals surface area contributed by atoms with E-state index in [0.29, 0.717) is 35.0 Å². The van der Waals surface area contributed by atoms with Crippen molar-refractivity contribution in [1.29, 1.82) is 0 Å². The summed E-state index contributed by atoms with van der Waals surface area (Å²) in [5, 5.41) is 23.5. The highest BCUT2D eigenvalue weighted by molar-refractivity contribution is 6.00. The maximum Gasteiger partial charge on any atom is 0.274 e. The first-order valence-corrected chi connectivity index (χ1v) is 11.5. The van der Waals surface area contributed by atoms with Crippen LogP contribution in [0.2, 0.25) is 0 Å². The van der Waals surface area contributed by atoms with Crippen LogP contribution in [0.15, 0.2) is 35.4 Å². The minimum absolute atomic E-state index is 0.0436. The van der Waals surface area contributed by atoms with Crippen LogP contribution in [0.5, 0.6) is 0 Å². The topological polar surface area (TPSA) is 135 Å². The number of carbonyl (C=O) groups excluding carboxylic acids is 1. The van der Waals surface area contributed by atoms with Crippen LogP contribution in [0.1, 0.15) is 48.5 Å². The van der Waals surface area contributed by atoms with Gasteiger partial charge in [0.15, 0.2) is 5.65 Å². The molecule has 2 fully saturated rings. The Hall–Kier alpha value is -3.44. The molecule has 2 saturated carbocycles. The summed E-state index contributed by atoms with van der Waals surface area (Å²) >= 11 is 0. The van der Waals surface area contributed by atoms with Gasteiger partial charge in [-0.25, -0.2) is 4.98 Å². The number of rotatable bonds is 7. The highest BCUT2D eigenvalue weighted by atomic mass is 16.5. The normalized spacial score (nSPS) is 24.1. The molecular formula is C23H29N7O4. The fraction of sp³-hybridized carbons (Fsp3) is 0.478. The van der Waals surface area contributed by atoms with Gasteiger partial charge in [-0.2, -0.15) is 9.61 Å². The van der Waals surface area contributed by atoms with E-state index in [1.807, 2.05) is 0 Å². The van der Waals surface area contributed by atoms with Crippen molar-refractivity contribution in [2.75, 3.05) is 24.8 Å². The van der Waals surface area contributed by atoms with E-state index in [1.165, 1.54) is 6.20 Å². The largest absolute Gasteiger partial charge is 0.391 e. The van der Waals surface area contributed by atoms with Crippen LogP contribution in [0.4, 0.5) is 17.3 Å². The van der Waals surface area contributed by atoms with Gasteiger partial charge in [-0.05, 0) is 44.2 Å². The summed E-state index contributed by atoms with van der Waals surface area (Å²) in [7, 11) is 3.44. The number of amides is 1. The Balaban J connectivity index is 1.43. The monoisotopic (exact) mass is 467 g/mol. The Labute approximate surface area is 196 Å². The summed E-state index contributed by atoms with van der Waals surface area (Å²) in [6.07, 6.45) is 6.85. The molecule has 1 amide bonds. The summed E-state index contributed by atoms with van der Waals surface area (Å²) in [5.41, 5.74) is 0.824. The van der Waals surface area contributed by atoms with Gasteiger partial charge in [0.2, 0.25) is 0 Å². The van der Waals surface area contributed by atoms with E-state index in [4.69, 9.17) is 4.74 Å². The van der Waals surface area contributed by atoms with Gasteiger partial charge < -0.3 is 30.4 Å². The van der Waals surface area contributed by atoms with Gasteiger partial charge in [-0.15, -0.1) is 0 Å². The summed E-state index contributed by atoms with van der Waals surface area (Å²) in [4.78, 5) is 30.6. The number of aliphatic hydroxyl groups is 1. The Morgan fingerprint density at radius 2 is 2.12 bits per heavy atom. The molecule has 11 nitrogen and oxygen atoms in total. The standard InChI is InChI=1S/C23H29N7O4/c1-24-20-11-19(27-16-4-3-9-29(23(16)33)17-7-8-18(17)31)28-21-15(12-25-30(20)21)22(32)26-13-5-6-14(10-13)34-2/h3-4,9,11-14,17-18,24,31H,5-8,10H2,1-2H3,(H,26,32)(H,27,28)/t13?,14-,17?,18-/m0/s1. The van der Waals surface area contributed by atoms with Gasteiger partial charge in [-0.3, -0.25) is 9.59 Å². The molecular weight excluding hydrogens is 438 g/mol. The number of ether oxygens (including phenoxy) is 1. The third kappa shape index (κ3) is 4.01.